The Labute approximate surface area is 141 Å². The number of likely N-dealkylation sites (tertiary alicyclic amines) is 1. The maximum absolute atomic E-state index is 11.8. The summed E-state index contributed by atoms with van der Waals surface area (Å²) in [6.07, 6.45) is 9.46. The number of rotatable bonds is 6. The molecule has 2 fully saturated rings. The van der Waals surface area contributed by atoms with E-state index in [2.05, 4.69) is 15.5 Å². The maximum atomic E-state index is 11.8. The number of piperidine rings is 1. The average Bonchev–Trinajstić information content (AvgIpc) is 2.94. The molecule has 0 unspecified atom stereocenters. The SMILES string of the molecule is CNCCCC(=O)NC1CCN(C2CCCC2)CC1.Cl.Cl. The molecule has 0 atom stereocenters. The first-order valence-corrected chi connectivity index (χ1v) is 7.97. The van der Waals surface area contributed by atoms with Gasteiger partial charge in [0, 0.05) is 31.6 Å². The number of hydrogen-bond acceptors (Lipinski definition) is 3. The molecule has 1 saturated heterocycles. The number of amides is 1. The number of nitrogens with zero attached hydrogens (tertiary/aromatic N) is 1. The molecule has 2 aliphatic rings. The normalized spacial score (nSPS) is 20.6. The van der Waals surface area contributed by atoms with Gasteiger partial charge in [0.05, 0.1) is 0 Å². The van der Waals surface area contributed by atoms with Gasteiger partial charge in [0.25, 0.3) is 0 Å². The third kappa shape index (κ3) is 7.18. The molecule has 126 valence electrons. The molecule has 0 aromatic carbocycles. The molecule has 1 aliphatic heterocycles. The van der Waals surface area contributed by atoms with Crippen molar-refractivity contribution in [1.82, 2.24) is 15.5 Å². The first-order chi connectivity index (χ1) is 9.29. The van der Waals surface area contributed by atoms with E-state index in [4.69, 9.17) is 0 Å². The molecule has 0 bridgehead atoms. The fraction of sp³-hybridized carbons (Fsp3) is 0.933. The zero-order chi connectivity index (χ0) is 13.5. The molecule has 1 heterocycles. The van der Waals surface area contributed by atoms with Gasteiger partial charge in [-0.3, -0.25) is 4.79 Å². The minimum atomic E-state index is 0. The number of halogens is 2. The van der Waals surface area contributed by atoms with Crippen LogP contribution in [0.25, 0.3) is 0 Å². The number of carbonyl (C=O) groups excluding carboxylic acids is 1. The molecule has 6 heteroatoms. The third-order valence-corrected chi connectivity index (χ3v) is 4.57. The van der Waals surface area contributed by atoms with E-state index in [0.717, 1.165) is 31.8 Å². The highest BCUT2D eigenvalue weighted by molar-refractivity contribution is 5.85. The standard InChI is InChI=1S/C15H29N3O.2ClH/c1-16-10-4-7-15(19)17-13-8-11-18(12-9-13)14-5-2-3-6-14;;/h13-14,16H,2-12H2,1H3,(H,17,19);2*1H. The highest BCUT2D eigenvalue weighted by atomic mass is 35.5. The van der Waals surface area contributed by atoms with Gasteiger partial charge in [-0.25, -0.2) is 0 Å². The Kier molecular flexibility index (Phi) is 11.5. The lowest BCUT2D eigenvalue weighted by Crippen LogP contribution is -2.47. The van der Waals surface area contributed by atoms with Crippen LogP contribution in [0, 0.1) is 0 Å². The van der Waals surface area contributed by atoms with E-state index in [-0.39, 0.29) is 30.7 Å². The van der Waals surface area contributed by atoms with E-state index in [1.54, 1.807) is 0 Å². The lowest BCUT2D eigenvalue weighted by atomic mass is 10.0. The summed E-state index contributed by atoms with van der Waals surface area (Å²) < 4.78 is 0. The van der Waals surface area contributed by atoms with E-state index in [9.17, 15) is 4.79 Å². The summed E-state index contributed by atoms with van der Waals surface area (Å²) in [5.41, 5.74) is 0. The van der Waals surface area contributed by atoms with Crippen LogP contribution in [0.2, 0.25) is 0 Å². The van der Waals surface area contributed by atoms with Crippen LogP contribution in [-0.2, 0) is 4.79 Å². The Morgan fingerprint density at radius 2 is 1.71 bits per heavy atom. The molecule has 4 nitrogen and oxygen atoms in total. The van der Waals surface area contributed by atoms with E-state index in [0.29, 0.717) is 12.5 Å². The van der Waals surface area contributed by atoms with Crippen LogP contribution in [0.3, 0.4) is 0 Å². The number of nitrogens with one attached hydrogen (secondary N) is 2. The van der Waals surface area contributed by atoms with E-state index >= 15 is 0 Å². The highest BCUT2D eigenvalue weighted by Crippen LogP contribution is 2.26. The molecule has 2 rings (SSSR count). The fourth-order valence-electron chi connectivity index (χ4n) is 3.40. The van der Waals surface area contributed by atoms with Gasteiger partial charge in [-0.1, -0.05) is 12.8 Å². The molecular formula is C15H31Cl2N3O. The van der Waals surface area contributed by atoms with Gasteiger partial charge in [0.1, 0.15) is 0 Å². The fourth-order valence-corrected chi connectivity index (χ4v) is 3.40. The summed E-state index contributed by atoms with van der Waals surface area (Å²) in [6.45, 7) is 3.27. The predicted octanol–water partition coefficient (Wildman–Crippen LogP) is 2.35. The molecule has 0 aromatic rings. The van der Waals surface area contributed by atoms with Gasteiger partial charge in [-0.15, -0.1) is 24.8 Å². The zero-order valence-electron chi connectivity index (χ0n) is 13.1. The Hall–Kier alpha value is -0.0300. The van der Waals surface area contributed by atoms with Crippen molar-refractivity contribution in [2.24, 2.45) is 0 Å². The average molecular weight is 340 g/mol. The van der Waals surface area contributed by atoms with Gasteiger partial charge in [0.2, 0.25) is 5.91 Å². The van der Waals surface area contributed by atoms with Crippen molar-refractivity contribution < 1.29 is 4.79 Å². The van der Waals surface area contributed by atoms with Crippen molar-refractivity contribution in [3.8, 4) is 0 Å². The van der Waals surface area contributed by atoms with E-state index in [1.807, 2.05) is 7.05 Å². The maximum Gasteiger partial charge on any atom is 0.220 e. The third-order valence-electron chi connectivity index (χ3n) is 4.57. The zero-order valence-corrected chi connectivity index (χ0v) is 14.7. The second kappa shape index (κ2) is 11.5. The second-order valence-electron chi connectivity index (χ2n) is 6.02. The van der Waals surface area contributed by atoms with E-state index in [1.165, 1.54) is 38.8 Å². The first-order valence-electron chi connectivity index (χ1n) is 7.97. The molecule has 21 heavy (non-hydrogen) atoms. The summed E-state index contributed by atoms with van der Waals surface area (Å²) in [5.74, 6) is 0.231. The first kappa shape index (κ1) is 21.0. The van der Waals surface area contributed by atoms with Crippen molar-refractivity contribution in [3.05, 3.63) is 0 Å². The monoisotopic (exact) mass is 339 g/mol. The Bertz CT molecular complexity index is 278. The van der Waals surface area contributed by atoms with Crippen LogP contribution in [-0.4, -0.2) is 49.6 Å². The highest BCUT2D eigenvalue weighted by Gasteiger charge is 2.27. The van der Waals surface area contributed by atoms with Crippen LogP contribution < -0.4 is 10.6 Å². The Morgan fingerprint density at radius 3 is 2.29 bits per heavy atom. The van der Waals surface area contributed by atoms with Gasteiger partial charge < -0.3 is 15.5 Å². The van der Waals surface area contributed by atoms with Gasteiger partial charge in [0.15, 0.2) is 0 Å². The van der Waals surface area contributed by atoms with Crippen LogP contribution >= 0.6 is 24.8 Å². The molecule has 0 aromatic heterocycles. The quantitative estimate of drug-likeness (QED) is 0.730. The van der Waals surface area contributed by atoms with Gasteiger partial charge >= 0.3 is 0 Å². The topological polar surface area (TPSA) is 44.4 Å². The summed E-state index contributed by atoms with van der Waals surface area (Å²) >= 11 is 0. The summed E-state index contributed by atoms with van der Waals surface area (Å²) in [5, 5.41) is 6.27. The number of hydrogen-bond donors (Lipinski definition) is 2. The smallest absolute Gasteiger partial charge is 0.220 e. The lowest BCUT2D eigenvalue weighted by molar-refractivity contribution is -0.122. The molecule has 0 radical (unpaired) electrons. The lowest BCUT2D eigenvalue weighted by Gasteiger charge is -2.36. The van der Waals surface area contributed by atoms with Gasteiger partial charge in [-0.05, 0) is 45.7 Å². The van der Waals surface area contributed by atoms with Crippen molar-refractivity contribution >= 4 is 30.7 Å². The van der Waals surface area contributed by atoms with Crippen LogP contribution in [0.4, 0.5) is 0 Å². The Balaban J connectivity index is 0.00000200. The van der Waals surface area contributed by atoms with Crippen LogP contribution in [0.1, 0.15) is 51.4 Å². The van der Waals surface area contributed by atoms with Crippen molar-refractivity contribution in [3.63, 3.8) is 0 Å². The number of carbonyl (C=O) groups is 1. The molecule has 1 aliphatic carbocycles. The molecule has 1 saturated carbocycles. The van der Waals surface area contributed by atoms with Crippen LogP contribution in [0.5, 0.6) is 0 Å². The summed E-state index contributed by atoms with van der Waals surface area (Å²) in [6, 6.07) is 1.26. The van der Waals surface area contributed by atoms with Crippen LogP contribution in [0.15, 0.2) is 0 Å². The largest absolute Gasteiger partial charge is 0.353 e. The molecule has 2 N–H and O–H groups in total. The summed E-state index contributed by atoms with van der Waals surface area (Å²) in [4.78, 5) is 14.4. The van der Waals surface area contributed by atoms with Crippen molar-refractivity contribution in [2.45, 2.75) is 63.5 Å². The van der Waals surface area contributed by atoms with Crippen molar-refractivity contribution in [2.75, 3.05) is 26.7 Å². The minimum Gasteiger partial charge on any atom is -0.353 e. The minimum absolute atomic E-state index is 0. The molecular weight excluding hydrogens is 309 g/mol. The Morgan fingerprint density at radius 1 is 1.10 bits per heavy atom. The van der Waals surface area contributed by atoms with E-state index < -0.39 is 0 Å². The predicted molar refractivity (Wildman–Crippen MR) is 92.7 cm³/mol. The second-order valence-corrected chi connectivity index (χ2v) is 6.02. The van der Waals surface area contributed by atoms with Crippen molar-refractivity contribution in [1.29, 1.82) is 0 Å². The molecule has 0 spiro atoms. The van der Waals surface area contributed by atoms with Gasteiger partial charge in [-0.2, -0.15) is 0 Å². The summed E-state index contributed by atoms with van der Waals surface area (Å²) in [7, 11) is 1.93. The molecule has 1 amide bonds.